The van der Waals surface area contributed by atoms with E-state index in [4.69, 9.17) is 5.84 Å². The summed E-state index contributed by atoms with van der Waals surface area (Å²) in [6, 6.07) is 4.31. The highest BCUT2D eigenvalue weighted by Crippen LogP contribution is 2.20. The maximum atomic E-state index is 5.50. The van der Waals surface area contributed by atoms with Crippen LogP contribution in [0.15, 0.2) is 23.3 Å². The van der Waals surface area contributed by atoms with Crippen molar-refractivity contribution in [1.82, 2.24) is 10.4 Å². The zero-order valence-corrected chi connectivity index (χ0v) is 10.8. The number of anilines is 1. The van der Waals surface area contributed by atoms with E-state index in [0.717, 1.165) is 24.2 Å². The Morgan fingerprint density at radius 1 is 1.33 bits per heavy atom. The second-order valence-electron chi connectivity index (χ2n) is 4.73. The average Bonchev–Trinajstić information content (AvgIpc) is 2.41. The second-order valence-corrected chi connectivity index (χ2v) is 4.73. The Hall–Kier alpha value is -1.62. The Bertz CT molecular complexity index is 392. The standard InChI is InChI=1S/C13H21N5/c1-10-7-8-12(9-15-10)17-13(18-14)16-11-5-3-2-4-6-11/h7-9,11H,2-6,14H2,1H3,(H2,16,17,18). The smallest absolute Gasteiger partial charge is 0.210 e. The molecule has 0 atom stereocenters. The summed E-state index contributed by atoms with van der Waals surface area (Å²) < 4.78 is 0. The van der Waals surface area contributed by atoms with Gasteiger partial charge in [0.2, 0.25) is 5.96 Å². The van der Waals surface area contributed by atoms with Crippen LogP contribution in [0, 0.1) is 6.92 Å². The first-order valence-electron chi connectivity index (χ1n) is 6.52. The predicted octanol–water partition coefficient (Wildman–Crippen LogP) is 1.95. The summed E-state index contributed by atoms with van der Waals surface area (Å²) >= 11 is 0. The average molecular weight is 247 g/mol. The van der Waals surface area contributed by atoms with Gasteiger partial charge in [0.25, 0.3) is 0 Å². The lowest BCUT2D eigenvalue weighted by Gasteiger charge is -2.19. The fourth-order valence-electron chi connectivity index (χ4n) is 2.18. The Morgan fingerprint density at radius 3 is 2.72 bits per heavy atom. The number of hydrogen-bond donors (Lipinski definition) is 3. The zero-order chi connectivity index (χ0) is 12.8. The van der Waals surface area contributed by atoms with Crippen LogP contribution in [0.5, 0.6) is 0 Å². The number of hydrogen-bond acceptors (Lipinski definition) is 3. The molecule has 0 radical (unpaired) electrons. The van der Waals surface area contributed by atoms with Crippen molar-refractivity contribution in [2.24, 2.45) is 10.8 Å². The third kappa shape index (κ3) is 3.70. The van der Waals surface area contributed by atoms with E-state index in [0.29, 0.717) is 12.0 Å². The third-order valence-electron chi connectivity index (χ3n) is 3.20. The number of nitrogens with two attached hydrogens (primary N) is 1. The van der Waals surface area contributed by atoms with Gasteiger partial charge < -0.3 is 5.32 Å². The van der Waals surface area contributed by atoms with E-state index in [1.54, 1.807) is 6.20 Å². The van der Waals surface area contributed by atoms with Gasteiger partial charge in [-0.3, -0.25) is 10.4 Å². The molecule has 0 amide bonds. The highest BCUT2D eigenvalue weighted by atomic mass is 15.3. The van der Waals surface area contributed by atoms with E-state index in [1.807, 2.05) is 19.1 Å². The summed E-state index contributed by atoms with van der Waals surface area (Å²) in [5, 5.41) is 3.15. The minimum absolute atomic E-state index is 0.385. The van der Waals surface area contributed by atoms with E-state index in [1.165, 1.54) is 19.3 Å². The number of nitrogens with zero attached hydrogens (tertiary/aromatic N) is 2. The van der Waals surface area contributed by atoms with E-state index in [-0.39, 0.29) is 0 Å². The summed E-state index contributed by atoms with van der Waals surface area (Å²) in [5.41, 5.74) is 4.51. The van der Waals surface area contributed by atoms with Crippen LogP contribution in [0.4, 0.5) is 5.69 Å². The molecule has 18 heavy (non-hydrogen) atoms. The van der Waals surface area contributed by atoms with E-state index in [9.17, 15) is 0 Å². The predicted molar refractivity (Wildman–Crippen MR) is 74.2 cm³/mol. The number of pyridine rings is 1. The number of rotatable bonds is 2. The first-order chi connectivity index (χ1) is 8.78. The molecule has 0 aliphatic heterocycles. The molecule has 1 aliphatic carbocycles. The van der Waals surface area contributed by atoms with Gasteiger partial charge in [-0.2, -0.15) is 0 Å². The molecule has 0 aromatic carbocycles. The summed E-state index contributed by atoms with van der Waals surface area (Å²) in [5.74, 6) is 6.12. The molecule has 1 heterocycles. The van der Waals surface area contributed by atoms with Crippen LogP contribution in [0.1, 0.15) is 37.8 Å². The normalized spacial score (nSPS) is 17.6. The lowest BCUT2D eigenvalue weighted by Crippen LogP contribution is -2.37. The van der Waals surface area contributed by atoms with E-state index < -0.39 is 0 Å². The van der Waals surface area contributed by atoms with Crippen molar-refractivity contribution in [3.8, 4) is 0 Å². The number of nitrogens with one attached hydrogen (secondary N) is 2. The monoisotopic (exact) mass is 247 g/mol. The summed E-state index contributed by atoms with van der Waals surface area (Å²) in [6.45, 7) is 1.96. The van der Waals surface area contributed by atoms with Gasteiger partial charge in [-0.05, 0) is 31.9 Å². The van der Waals surface area contributed by atoms with Gasteiger partial charge in [0, 0.05) is 5.69 Å². The van der Waals surface area contributed by atoms with Crippen molar-refractivity contribution in [3.05, 3.63) is 24.0 Å². The van der Waals surface area contributed by atoms with Gasteiger partial charge >= 0.3 is 0 Å². The molecule has 0 unspecified atom stereocenters. The quantitative estimate of drug-likeness (QED) is 0.323. The second kappa shape index (κ2) is 6.35. The summed E-state index contributed by atoms with van der Waals surface area (Å²) in [4.78, 5) is 8.84. The Balaban J connectivity index is 1.99. The fourth-order valence-corrected chi connectivity index (χ4v) is 2.18. The third-order valence-corrected chi connectivity index (χ3v) is 3.20. The molecular weight excluding hydrogens is 226 g/mol. The number of aliphatic imine (C=N–C) groups is 1. The van der Waals surface area contributed by atoms with Crippen molar-refractivity contribution in [2.45, 2.75) is 45.1 Å². The Labute approximate surface area is 108 Å². The van der Waals surface area contributed by atoms with Gasteiger partial charge in [-0.25, -0.2) is 10.8 Å². The van der Waals surface area contributed by atoms with Gasteiger partial charge in [0.05, 0.1) is 17.9 Å². The maximum absolute atomic E-state index is 5.50. The molecule has 2 rings (SSSR count). The minimum Gasteiger partial charge on any atom is -0.324 e. The number of guanidine groups is 1. The molecule has 0 saturated heterocycles. The van der Waals surface area contributed by atoms with Crippen LogP contribution < -0.4 is 16.6 Å². The van der Waals surface area contributed by atoms with Crippen molar-refractivity contribution >= 4 is 11.6 Å². The number of hydrazine groups is 1. The molecule has 1 fully saturated rings. The lowest BCUT2D eigenvalue weighted by atomic mass is 9.96. The SMILES string of the molecule is Cc1ccc(NC(=NC2CCCCC2)NN)cn1. The van der Waals surface area contributed by atoms with Crippen LogP contribution >= 0.6 is 0 Å². The highest BCUT2D eigenvalue weighted by molar-refractivity contribution is 5.93. The molecule has 4 N–H and O–H groups in total. The maximum Gasteiger partial charge on any atom is 0.210 e. The fraction of sp³-hybridized carbons (Fsp3) is 0.538. The first kappa shape index (κ1) is 12.8. The Morgan fingerprint density at radius 2 is 2.11 bits per heavy atom. The van der Waals surface area contributed by atoms with E-state index in [2.05, 4.69) is 20.7 Å². The van der Waals surface area contributed by atoms with Crippen LogP contribution in [0.3, 0.4) is 0 Å². The minimum atomic E-state index is 0.385. The van der Waals surface area contributed by atoms with E-state index >= 15 is 0 Å². The van der Waals surface area contributed by atoms with Gasteiger partial charge in [-0.1, -0.05) is 19.3 Å². The topological polar surface area (TPSA) is 75.3 Å². The number of aromatic nitrogens is 1. The molecule has 1 saturated carbocycles. The molecular formula is C13H21N5. The Kier molecular flexibility index (Phi) is 4.52. The van der Waals surface area contributed by atoms with Gasteiger partial charge in [0.1, 0.15) is 0 Å². The summed E-state index contributed by atoms with van der Waals surface area (Å²) in [6.07, 6.45) is 7.93. The number of aryl methyl sites for hydroxylation is 1. The molecule has 1 aromatic rings. The molecule has 1 aliphatic rings. The molecule has 0 bridgehead atoms. The van der Waals surface area contributed by atoms with Gasteiger partial charge in [-0.15, -0.1) is 0 Å². The van der Waals surface area contributed by atoms with Crippen molar-refractivity contribution < 1.29 is 0 Å². The van der Waals surface area contributed by atoms with Crippen molar-refractivity contribution in [1.29, 1.82) is 0 Å². The first-order valence-corrected chi connectivity index (χ1v) is 6.52. The molecule has 5 heteroatoms. The molecule has 1 aromatic heterocycles. The van der Waals surface area contributed by atoms with Gasteiger partial charge in [0.15, 0.2) is 0 Å². The van der Waals surface area contributed by atoms with Crippen LogP contribution in [0.2, 0.25) is 0 Å². The summed E-state index contributed by atoms with van der Waals surface area (Å²) in [7, 11) is 0. The zero-order valence-electron chi connectivity index (χ0n) is 10.8. The van der Waals surface area contributed by atoms with Crippen LogP contribution in [-0.4, -0.2) is 17.0 Å². The largest absolute Gasteiger partial charge is 0.324 e. The molecule has 0 spiro atoms. The highest BCUT2D eigenvalue weighted by Gasteiger charge is 2.13. The van der Waals surface area contributed by atoms with Crippen LogP contribution in [0.25, 0.3) is 0 Å². The lowest BCUT2D eigenvalue weighted by molar-refractivity contribution is 0.442. The van der Waals surface area contributed by atoms with Crippen molar-refractivity contribution in [2.75, 3.05) is 5.32 Å². The molecule has 98 valence electrons. The van der Waals surface area contributed by atoms with Crippen molar-refractivity contribution in [3.63, 3.8) is 0 Å². The molecule has 5 nitrogen and oxygen atoms in total. The van der Waals surface area contributed by atoms with Crippen LogP contribution in [-0.2, 0) is 0 Å².